The maximum Gasteiger partial charge on any atom is 0.248 e. The fraction of sp³-hybridized carbons (Fsp3) is 0.929. The molecule has 1 aliphatic heterocycles. The van der Waals surface area contributed by atoms with Crippen molar-refractivity contribution in [2.45, 2.75) is 219 Å². The summed E-state index contributed by atoms with van der Waals surface area (Å²) in [6, 6.07) is 0. The van der Waals surface area contributed by atoms with E-state index in [2.05, 4.69) is 24.5 Å². The highest BCUT2D eigenvalue weighted by Crippen LogP contribution is 2.15. The summed E-state index contributed by atoms with van der Waals surface area (Å²) in [6.45, 7) is 8.91. The number of hydrogen-bond donors (Lipinski definition) is 2. The Balaban J connectivity index is 2.12. The summed E-state index contributed by atoms with van der Waals surface area (Å²) in [7, 11) is 0. The van der Waals surface area contributed by atoms with Crippen LogP contribution in [0.2, 0.25) is 0 Å². The van der Waals surface area contributed by atoms with Gasteiger partial charge in [0.15, 0.2) is 0 Å². The molecular weight excluding hydrogens is 889 g/mol. The number of nitrogens with one attached hydrogen (secondary N) is 2. The maximum atomic E-state index is 13.0. The molecule has 0 bridgehead atoms. The Morgan fingerprint density at radius 2 is 0.557 bits per heavy atom. The molecule has 412 valence electrons. The Morgan fingerprint density at radius 1 is 0.329 bits per heavy atom. The zero-order chi connectivity index (χ0) is 50.5. The van der Waals surface area contributed by atoms with Gasteiger partial charge in [0, 0.05) is 39.3 Å². The fourth-order valence-corrected chi connectivity index (χ4v) is 8.61. The van der Waals surface area contributed by atoms with Crippen LogP contribution in [0, 0.1) is 0 Å². The first-order valence-electron chi connectivity index (χ1n) is 29.0. The third-order valence-electron chi connectivity index (χ3n) is 13.1. The highest BCUT2D eigenvalue weighted by Gasteiger charge is 2.17. The number of ether oxygens (including phenoxy) is 6. The zero-order valence-electron chi connectivity index (χ0n) is 45.3. The van der Waals surface area contributed by atoms with Crippen molar-refractivity contribution in [3.63, 3.8) is 0 Å². The van der Waals surface area contributed by atoms with Gasteiger partial charge in [-0.2, -0.15) is 0 Å². The molecule has 0 aliphatic carbocycles. The van der Waals surface area contributed by atoms with Gasteiger partial charge in [0.2, 0.25) is 23.6 Å². The van der Waals surface area contributed by atoms with E-state index in [0.717, 1.165) is 25.7 Å². The van der Waals surface area contributed by atoms with Gasteiger partial charge >= 0.3 is 0 Å². The Bertz CT molecular complexity index is 1080. The molecule has 4 amide bonds. The van der Waals surface area contributed by atoms with Crippen molar-refractivity contribution < 1.29 is 47.6 Å². The smallest absolute Gasteiger partial charge is 0.248 e. The Hall–Kier alpha value is -2.36. The second kappa shape index (κ2) is 52.9. The molecule has 14 nitrogen and oxygen atoms in total. The molecule has 1 aliphatic rings. The Morgan fingerprint density at radius 3 is 0.800 bits per heavy atom. The molecule has 0 radical (unpaired) electrons. The average Bonchev–Trinajstić information content (AvgIpc) is 3.35. The van der Waals surface area contributed by atoms with E-state index in [1.54, 1.807) is 9.80 Å². The van der Waals surface area contributed by atoms with Crippen LogP contribution < -0.4 is 10.6 Å². The van der Waals surface area contributed by atoms with E-state index < -0.39 is 0 Å². The van der Waals surface area contributed by atoms with Crippen molar-refractivity contribution in [2.24, 2.45) is 0 Å². The van der Waals surface area contributed by atoms with Gasteiger partial charge in [-0.05, 0) is 12.8 Å². The van der Waals surface area contributed by atoms with Crippen molar-refractivity contribution in [1.29, 1.82) is 0 Å². The highest BCUT2D eigenvalue weighted by molar-refractivity contribution is 5.80. The standard InChI is InChI=1S/C56H108N4O10/c1-3-5-7-9-11-13-15-17-19-21-23-25-27-29-31-33-35-57-53(61)49-69-51-55(63)59-37-41-65-45-47-67-43-39-60(40-44-68-48-46-66-42-38-59)56(64)52-70-50-54(62)58-36-34-32-30-28-26-24-22-20-18-16-14-12-10-8-6-4-2/h3-52H2,1-2H3,(H,57,61)(H,58,62). The van der Waals surface area contributed by atoms with Gasteiger partial charge < -0.3 is 48.9 Å². The number of nitrogens with zero attached hydrogens (tertiary/aromatic N) is 2. The predicted molar refractivity (Wildman–Crippen MR) is 283 cm³/mol. The lowest BCUT2D eigenvalue weighted by Gasteiger charge is -2.24. The Kier molecular flexibility index (Phi) is 49.7. The van der Waals surface area contributed by atoms with E-state index >= 15 is 0 Å². The van der Waals surface area contributed by atoms with Crippen LogP contribution in [-0.4, -0.2) is 152 Å². The molecule has 0 aromatic heterocycles. The monoisotopic (exact) mass is 997 g/mol. The van der Waals surface area contributed by atoms with Crippen LogP contribution in [0.15, 0.2) is 0 Å². The molecule has 1 saturated heterocycles. The van der Waals surface area contributed by atoms with Crippen LogP contribution in [-0.2, 0) is 47.6 Å². The minimum Gasteiger partial charge on any atom is -0.377 e. The molecule has 70 heavy (non-hydrogen) atoms. The summed E-state index contributed by atoms with van der Waals surface area (Å²) in [5.41, 5.74) is 0. The summed E-state index contributed by atoms with van der Waals surface area (Å²) in [5, 5.41) is 5.82. The predicted octanol–water partition coefficient (Wildman–Crippen LogP) is 10.5. The molecule has 2 N–H and O–H groups in total. The Labute approximate surface area is 428 Å². The molecular formula is C56H108N4O10. The van der Waals surface area contributed by atoms with E-state index in [-0.39, 0.29) is 50.1 Å². The second-order valence-corrected chi connectivity index (χ2v) is 19.5. The van der Waals surface area contributed by atoms with Crippen molar-refractivity contribution in [2.75, 3.05) is 119 Å². The van der Waals surface area contributed by atoms with Gasteiger partial charge in [-0.3, -0.25) is 19.2 Å². The van der Waals surface area contributed by atoms with Crippen molar-refractivity contribution >= 4 is 23.6 Å². The third kappa shape index (κ3) is 45.5. The molecule has 0 spiro atoms. The van der Waals surface area contributed by atoms with Gasteiger partial charge in [0.05, 0.1) is 52.9 Å². The molecule has 0 atom stereocenters. The maximum absolute atomic E-state index is 13.0. The number of rotatable bonds is 42. The van der Waals surface area contributed by atoms with Crippen molar-refractivity contribution in [3.8, 4) is 0 Å². The lowest BCUT2D eigenvalue weighted by molar-refractivity contribution is -0.141. The first-order chi connectivity index (χ1) is 34.5. The number of unbranched alkanes of at least 4 members (excludes halogenated alkanes) is 30. The van der Waals surface area contributed by atoms with Gasteiger partial charge in [-0.1, -0.05) is 206 Å². The number of carbonyl (C=O) groups is 4. The van der Waals surface area contributed by atoms with E-state index in [4.69, 9.17) is 28.4 Å². The average molecular weight is 997 g/mol. The summed E-state index contributed by atoms with van der Waals surface area (Å²) in [4.78, 5) is 53.9. The van der Waals surface area contributed by atoms with Crippen LogP contribution in [0.3, 0.4) is 0 Å². The number of amides is 4. The number of carbonyl (C=O) groups excluding carboxylic acids is 4. The molecule has 1 rings (SSSR count). The van der Waals surface area contributed by atoms with Gasteiger partial charge in [0.1, 0.15) is 26.4 Å². The van der Waals surface area contributed by atoms with Crippen LogP contribution in [0.1, 0.15) is 219 Å². The van der Waals surface area contributed by atoms with Gasteiger partial charge in [0.25, 0.3) is 0 Å². The van der Waals surface area contributed by atoms with Crippen LogP contribution in [0.4, 0.5) is 0 Å². The topological polar surface area (TPSA) is 154 Å². The van der Waals surface area contributed by atoms with Crippen molar-refractivity contribution in [1.82, 2.24) is 20.4 Å². The molecule has 0 unspecified atom stereocenters. The van der Waals surface area contributed by atoms with Crippen LogP contribution >= 0.6 is 0 Å². The van der Waals surface area contributed by atoms with Gasteiger partial charge in [-0.25, -0.2) is 0 Å². The van der Waals surface area contributed by atoms with E-state index in [9.17, 15) is 19.2 Å². The van der Waals surface area contributed by atoms with Crippen LogP contribution in [0.25, 0.3) is 0 Å². The lowest BCUT2D eigenvalue weighted by atomic mass is 10.0. The summed E-state index contributed by atoms with van der Waals surface area (Å²) in [6.07, 6.45) is 42.0. The zero-order valence-corrected chi connectivity index (χ0v) is 45.3. The highest BCUT2D eigenvalue weighted by atomic mass is 16.5. The van der Waals surface area contributed by atoms with Gasteiger partial charge in [-0.15, -0.1) is 0 Å². The molecule has 0 aromatic rings. The molecule has 1 fully saturated rings. The molecule has 0 aromatic carbocycles. The van der Waals surface area contributed by atoms with Crippen LogP contribution in [0.5, 0.6) is 0 Å². The largest absolute Gasteiger partial charge is 0.377 e. The third-order valence-corrected chi connectivity index (χ3v) is 13.1. The first kappa shape index (κ1) is 65.7. The summed E-state index contributed by atoms with van der Waals surface area (Å²) < 4.78 is 33.9. The SMILES string of the molecule is CCCCCCCCCCCCCCCCCCNC(=O)COCC(=O)N1CCOCCOCCN(C(=O)COCC(=O)NCCCCCCCCCCCCCCCCCC)CCOCCOCC1. The first-order valence-corrected chi connectivity index (χ1v) is 29.0. The quantitative estimate of drug-likeness (QED) is 0.0565. The van der Waals surface area contributed by atoms with E-state index in [0.29, 0.717) is 92.1 Å². The van der Waals surface area contributed by atoms with Crippen molar-refractivity contribution in [3.05, 3.63) is 0 Å². The van der Waals surface area contributed by atoms with E-state index in [1.165, 1.54) is 180 Å². The lowest BCUT2D eigenvalue weighted by Crippen LogP contribution is -2.40. The normalized spacial score (nSPS) is 14.8. The summed E-state index contributed by atoms with van der Waals surface area (Å²) >= 11 is 0. The molecule has 1 heterocycles. The minimum absolute atomic E-state index is 0.160. The number of hydrogen-bond acceptors (Lipinski definition) is 10. The molecule has 0 saturated carbocycles. The fourth-order valence-electron chi connectivity index (χ4n) is 8.61. The molecule has 14 heteroatoms. The van der Waals surface area contributed by atoms with E-state index in [1.807, 2.05) is 0 Å². The summed E-state index contributed by atoms with van der Waals surface area (Å²) in [5.74, 6) is -0.897. The second-order valence-electron chi connectivity index (χ2n) is 19.5. The minimum atomic E-state index is -0.236.